The summed E-state index contributed by atoms with van der Waals surface area (Å²) in [5.41, 5.74) is 1.23. The van der Waals surface area contributed by atoms with Gasteiger partial charge in [0.15, 0.2) is 0 Å². The summed E-state index contributed by atoms with van der Waals surface area (Å²) in [6.07, 6.45) is 0. The molecule has 0 amide bonds. The fourth-order valence-electron chi connectivity index (χ4n) is 1.67. The van der Waals surface area contributed by atoms with E-state index in [1.165, 1.54) is 0 Å². The van der Waals surface area contributed by atoms with Crippen molar-refractivity contribution < 1.29 is 9.84 Å². The summed E-state index contributed by atoms with van der Waals surface area (Å²) in [6.45, 7) is 10.00. The van der Waals surface area contributed by atoms with E-state index in [-0.39, 0.29) is 5.41 Å². The maximum atomic E-state index is 10.0. The Morgan fingerprint density at radius 1 is 1.06 bits per heavy atom. The first-order valence-corrected chi connectivity index (χ1v) is 5.57. The van der Waals surface area contributed by atoms with Crippen LogP contribution < -0.4 is 4.74 Å². The van der Waals surface area contributed by atoms with Gasteiger partial charge in [-0.3, -0.25) is 0 Å². The van der Waals surface area contributed by atoms with E-state index in [4.69, 9.17) is 4.74 Å². The van der Waals surface area contributed by atoms with Gasteiger partial charge < -0.3 is 9.84 Å². The summed E-state index contributed by atoms with van der Waals surface area (Å²) in [5.74, 6) is 0.875. The summed E-state index contributed by atoms with van der Waals surface area (Å²) < 4.78 is 5.36. The van der Waals surface area contributed by atoms with Gasteiger partial charge in [0.05, 0.1) is 12.7 Å². The monoisotopic (exact) mass is 222 g/mol. The van der Waals surface area contributed by atoms with Crippen molar-refractivity contribution in [2.75, 3.05) is 7.11 Å². The van der Waals surface area contributed by atoms with Gasteiger partial charge in [0.1, 0.15) is 5.75 Å². The van der Waals surface area contributed by atoms with Gasteiger partial charge in [-0.15, -0.1) is 0 Å². The number of ether oxygens (including phenoxy) is 1. The number of hydrogen-bond donors (Lipinski definition) is 1. The van der Waals surface area contributed by atoms with Crippen LogP contribution in [0.4, 0.5) is 0 Å². The van der Waals surface area contributed by atoms with Crippen LogP contribution in [0.5, 0.6) is 5.75 Å². The molecule has 0 radical (unpaired) electrons. The third kappa shape index (κ3) is 2.76. The van der Waals surface area contributed by atoms with E-state index in [0.29, 0.717) is 0 Å². The number of methoxy groups -OCH3 is 1. The molecule has 1 aromatic carbocycles. The lowest BCUT2D eigenvalue weighted by Gasteiger charge is -2.26. The van der Waals surface area contributed by atoms with Gasteiger partial charge in [-0.05, 0) is 42.5 Å². The Morgan fingerprint density at radius 3 is 2.00 bits per heavy atom. The van der Waals surface area contributed by atoms with E-state index in [0.717, 1.165) is 16.9 Å². The normalized spacial score (nSPS) is 12.7. The molecule has 0 bridgehead atoms. The molecular weight excluding hydrogens is 200 g/mol. The number of hydrogen-bond acceptors (Lipinski definition) is 2. The highest BCUT2D eigenvalue weighted by Gasteiger charge is 2.23. The minimum Gasteiger partial charge on any atom is -0.496 e. The van der Waals surface area contributed by atoms with E-state index in [9.17, 15) is 5.11 Å². The first-order chi connectivity index (χ1) is 7.16. The maximum absolute atomic E-state index is 10.0. The molecule has 2 heteroatoms. The SMILES string of the molecule is COc1ccc(C(C)(C)O)cc1C(C)(C)C. The molecule has 0 aliphatic heterocycles. The first-order valence-electron chi connectivity index (χ1n) is 5.57. The Labute approximate surface area is 98.3 Å². The molecule has 0 unspecified atom stereocenters. The van der Waals surface area contributed by atoms with Crippen LogP contribution in [0.3, 0.4) is 0 Å². The lowest BCUT2D eigenvalue weighted by atomic mass is 9.83. The average molecular weight is 222 g/mol. The van der Waals surface area contributed by atoms with E-state index < -0.39 is 5.60 Å². The Hall–Kier alpha value is -1.02. The Morgan fingerprint density at radius 2 is 1.62 bits per heavy atom. The molecule has 0 saturated carbocycles. The van der Waals surface area contributed by atoms with Gasteiger partial charge >= 0.3 is 0 Å². The second kappa shape index (κ2) is 4.10. The van der Waals surface area contributed by atoms with Crippen LogP contribution in [0, 0.1) is 0 Å². The van der Waals surface area contributed by atoms with Gasteiger partial charge in [-0.25, -0.2) is 0 Å². The average Bonchev–Trinajstić information content (AvgIpc) is 2.14. The third-order valence-electron chi connectivity index (χ3n) is 2.71. The van der Waals surface area contributed by atoms with Crippen molar-refractivity contribution in [1.82, 2.24) is 0 Å². The summed E-state index contributed by atoms with van der Waals surface area (Å²) in [7, 11) is 1.67. The number of benzene rings is 1. The minimum atomic E-state index is -0.813. The Kier molecular flexibility index (Phi) is 3.34. The highest BCUT2D eigenvalue weighted by Crippen LogP contribution is 2.34. The molecule has 0 aliphatic rings. The lowest BCUT2D eigenvalue weighted by molar-refractivity contribution is 0.0784. The van der Waals surface area contributed by atoms with Crippen molar-refractivity contribution in [2.45, 2.75) is 45.6 Å². The predicted molar refractivity (Wildman–Crippen MR) is 66.9 cm³/mol. The summed E-state index contributed by atoms with van der Waals surface area (Å²) in [4.78, 5) is 0. The van der Waals surface area contributed by atoms with Gasteiger partial charge in [0.2, 0.25) is 0 Å². The van der Waals surface area contributed by atoms with Crippen LogP contribution in [0.15, 0.2) is 18.2 Å². The van der Waals surface area contributed by atoms with Crippen LogP contribution in [0.2, 0.25) is 0 Å². The quantitative estimate of drug-likeness (QED) is 0.832. The second-order valence-corrected chi connectivity index (χ2v) is 5.72. The molecule has 0 saturated heterocycles. The molecule has 90 valence electrons. The molecule has 0 spiro atoms. The summed E-state index contributed by atoms with van der Waals surface area (Å²) >= 11 is 0. The van der Waals surface area contributed by atoms with Gasteiger partial charge in [-0.1, -0.05) is 26.8 Å². The van der Waals surface area contributed by atoms with Gasteiger partial charge in [0, 0.05) is 0 Å². The van der Waals surface area contributed by atoms with Crippen molar-refractivity contribution in [2.24, 2.45) is 0 Å². The van der Waals surface area contributed by atoms with Crippen LogP contribution >= 0.6 is 0 Å². The zero-order chi connectivity index (χ0) is 12.6. The molecule has 0 fully saturated rings. The van der Waals surface area contributed by atoms with Crippen molar-refractivity contribution in [3.05, 3.63) is 29.3 Å². The molecule has 0 aliphatic carbocycles. The third-order valence-corrected chi connectivity index (χ3v) is 2.71. The molecule has 0 heterocycles. The van der Waals surface area contributed by atoms with E-state index in [1.54, 1.807) is 21.0 Å². The highest BCUT2D eigenvalue weighted by molar-refractivity contribution is 5.42. The fourth-order valence-corrected chi connectivity index (χ4v) is 1.67. The van der Waals surface area contributed by atoms with Crippen LogP contribution in [-0.2, 0) is 11.0 Å². The maximum Gasteiger partial charge on any atom is 0.122 e. The lowest BCUT2D eigenvalue weighted by Crippen LogP contribution is -2.19. The Bertz CT molecular complexity index is 367. The van der Waals surface area contributed by atoms with Crippen molar-refractivity contribution in [1.29, 1.82) is 0 Å². The number of aliphatic hydroxyl groups is 1. The molecule has 0 aromatic heterocycles. The van der Waals surface area contributed by atoms with Crippen molar-refractivity contribution in [3.63, 3.8) is 0 Å². The molecule has 2 nitrogen and oxygen atoms in total. The molecular formula is C14H22O2. The summed E-state index contributed by atoms with van der Waals surface area (Å²) in [6, 6.07) is 5.86. The second-order valence-electron chi connectivity index (χ2n) is 5.72. The van der Waals surface area contributed by atoms with E-state index >= 15 is 0 Å². The first kappa shape index (κ1) is 13.0. The van der Waals surface area contributed by atoms with Crippen molar-refractivity contribution >= 4 is 0 Å². The zero-order valence-electron chi connectivity index (χ0n) is 11.1. The van der Waals surface area contributed by atoms with Crippen LogP contribution in [-0.4, -0.2) is 12.2 Å². The highest BCUT2D eigenvalue weighted by atomic mass is 16.5. The smallest absolute Gasteiger partial charge is 0.122 e. The zero-order valence-corrected chi connectivity index (χ0v) is 11.1. The van der Waals surface area contributed by atoms with Gasteiger partial charge in [-0.2, -0.15) is 0 Å². The predicted octanol–water partition coefficient (Wildman–Crippen LogP) is 3.22. The standard InChI is InChI=1S/C14H22O2/c1-13(2,3)11-9-10(14(4,5)15)7-8-12(11)16-6/h7-9,15H,1-6H3. The number of rotatable bonds is 2. The summed E-state index contributed by atoms with van der Waals surface area (Å²) in [5, 5.41) is 10.0. The van der Waals surface area contributed by atoms with Gasteiger partial charge in [0.25, 0.3) is 0 Å². The van der Waals surface area contributed by atoms with E-state index in [1.807, 2.05) is 18.2 Å². The molecule has 1 rings (SSSR count). The molecule has 1 N–H and O–H groups in total. The molecule has 0 atom stereocenters. The topological polar surface area (TPSA) is 29.5 Å². The fraction of sp³-hybridized carbons (Fsp3) is 0.571. The molecule has 16 heavy (non-hydrogen) atoms. The minimum absolute atomic E-state index is 0.00655. The van der Waals surface area contributed by atoms with Crippen LogP contribution in [0.25, 0.3) is 0 Å². The molecule has 1 aromatic rings. The van der Waals surface area contributed by atoms with Crippen molar-refractivity contribution in [3.8, 4) is 5.75 Å². The largest absolute Gasteiger partial charge is 0.496 e. The van der Waals surface area contributed by atoms with E-state index in [2.05, 4.69) is 20.8 Å². The Balaban J connectivity index is 3.34. The van der Waals surface area contributed by atoms with Crippen LogP contribution in [0.1, 0.15) is 45.7 Å².